The molecule has 2 aromatic heterocycles. The molecule has 362 valence electrons. The normalized spacial score (nSPS) is 18.2. The molecule has 1 aliphatic heterocycles. The summed E-state index contributed by atoms with van der Waals surface area (Å²) in [6.45, 7) is 0. The highest BCUT2D eigenvalue weighted by Crippen LogP contribution is 2.63. The molecule has 77 heavy (non-hydrogen) atoms. The van der Waals surface area contributed by atoms with E-state index < -0.39 is 0 Å². The number of hydrogen-bond donors (Lipinski definition) is 0. The van der Waals surface area contributed by atoms with Crippen molar-refractivity contribution in [2.24, 2.45) is 9.98 Å². The third kappa shape index (κ3) is 6.71. The van der Waals surface area contributed by atoms with Gasteiger partial charge in [-0.25, -0.2) is 9.98 Å². The van der Waals surface area contributed by atoms with Crippen LogP contribution in [0, 0.1) is 0 Å². The molecule has 4 heteroatoms. The predicted octanol–water partition coefficient (Wildman–Crippen LogP) is 18.7. The first kappa shape index (κ1) is 43.7. The molecule has 0 radical (unpaired) electrons. The standard InChI is InChI=1S/C73H48N2O2/c1-2-16-45(17-3-1)46-34-36-47(37-35-46)72-74-65(30-15-31-66(75-72)59-26-13-24-57-56-23-7-11-32-67(56)77-71(57)59)58-25-14-33-69-70(58)60-43-50(39-41-68(60)76-69)48-18-12-19-49(42-48)51-38-40-55-54-22-6-10-29-63(54)73(64(55)44-51)61-27-8-4-20-52(61)53-21-5-9-28-62(53)73/h1-14,16-30,32-41,43-44,48H,15,31,42H2/b65-30-,74-72-,75-66-. The summed E-state index contributed by atoms with van der Waals surface area (Å²) in [5, 5.41) is 4.33. The zero-order valence-corrected chi connectivity index (χ0v) is 42.1. The summed E-state index contributed by atoms with van der Waals surface area (Å²) in [5.41, 5.74) is 24.7. The first-order valence-electron chi connectivity index (χ1n) is 26.9. The van der Waals surface area contributed by atoms with Crippen LogP contribution in [-0.4, -0.2) is 11.5 Å². The second-order valence-corrected chi connectivity index (χ2v) is 20.9. The van der Waals surface area contributed by atoms with E-state index in [0.29, 0.717) is 12.3 Å². The van der Waals surface area contributed by atoms with Crippen LogP contribution >= 0.6 is 0 Å². The van der Waals surface area contributed by atoms with E-state index in [0.717, 1.165) is 90.4 Å². The summed E-state index contributed by atoms with van der Waals surface area (Å²) in [7, 11) is 0. The SMILES string of the molecule is C1=CC(c2ccc3oc4cccc(C5=C/CC/C(c6cccc7c6oc6ccccc67)=N/C(c6ccc(-c7ccccc7)cc6)=N\5)c4c3c2)CC(c2ccc3c(c2)C2(c4ccccc4-c4ccccc42)c2ccccc2-3)=C1. The molecule has 0 saturated heterocycles. The van der Waals surface area contributed by atoms with E-state index in [1.807, 2.05) is 12.1 Å². The van der Waals surface area contributed by atoms with Gasteiger partial charge in [0.2, 0.25) is 0 Å². The number of hydrogen-bond acceptors (Lipinski definition) is 4. The number of nitrogens with zero attached hydrogens (tertiary/aromatic N) is 2. The van der Waals surface area contributed by atoms with E-state index in [-0.39, 0.29) is 11.3 Å². The Morgan fingerprint density at radius 3 is 1.83 bits per heavy atom. The van der Waals surface area contributed by atoms with Gasteiger partial charge in [-0.2, -0.15) is 0 Å². The van der Waals surface area contributed by atoms with E-state index in [4.69, 9.17) is 18.8 Å². The van der Waals surface area contributed by atoms with Crippen LogP contribution in [0.4, 0.5) is 0 Å². The van der Waals surface area contributed by atoms with E-state index in [2.05, 4.69) is 237 Å². The monoisotopic (exact) mass is 984 g/mol. The lowest BCUT2D eigenvalue weighted by atomic mass is 9.70. The van der Waals surface area contributed by atoms with Gasteiger partial charge in [-0.3, -0.25) is 0 Å². The Morgan fingerprint density at radius 1 is 0.429 bits per heavy atom. The largest absolute Gasteiger partial charge is 0.456 e. The third-order valence-corrected chi connectivity index (χ3v) is 16.8. The zero-order chi connectivity index (χ0) is 50.6. The maximum atomic E-state index is 6.70. The highest BCUT2D eigenvalue weighted by Gasteiger charge is 2.51. The van der Waals surface area contributed by atoms with E-state index in [1.54, 1.807) is 0 Å². The number of allylic oxidation sites excluding steroid dienone is 5. The minimum absolute atomic E-state index is 0.164. The molecule has 10 aromatic carbocycles. The molecule has 0 saturated carbocycles. The van der Waals surface area contributed by atoms with Crippen molar-refractivity contribution in [3.05, 3.63) is 299 Å². The van der Waals surface area contributed by atoms with Crippen LogP contribution in [0.3, 0.4) is 0 Å². The summed E-state index contributed by atoms with van der Waals surface area (Å²) < 4.78 is 13.3. The number of benzene rings is 10. The lowest BCUT2D eigenvalue weighted by Gasteiger charge is -2.31. The van der Waals surface area contributed by atoms with Gasteiger partial charge >= 0.3 is 0 Å². The molecular formula is C73H48N2O2. The maximum absolute atomic E-state index is 6.70. The molecular weight excluding hydrogens is 937 g/mol. The molecule has 3 aliphatic carbocycles. The van der Waals surface area contributed by atoms with Crippen LogP contribution in [0.1, 0.15) is 75.3 Å². The molecule has 0 N–H and O–H groups in total. The molecule has 0 fully saturated rings. The Hall–Kier alpha value is -9.64. The number of aliphatic imine (C=N–C) groups is 2. The highest BCUT2D eigenvalue weighted by atomic mass is 16.3. The van der Waals surface area contributed by atoms with Crippen LogP contribution < -0.4 is 0 Å². The maximum Gasteiger partial charge on any atom is 0.160 e. The van der Waals surface area contributed by atoms with Gasteiger partial charge in [0.05, 0.1) is 16.8 Å². The molecule has 1 spiro atoms. The van der Waals surface area contributed by atoms with Gasteiger partial charge in [-0.05, 0) is 128 Å². The first-order chi connectivity index (χ1) is 38.2. The minimum atomic E-state index is -0.382. The van der Waals surface area contributed by atoms with E-state index >= 15 is 0 Å². The molecule has 3 heterocycles. The van der Waals surface area contributed by atoms with E-state index in [1.165, 1.54) is 66.8 Å². The number of furan rings is 2. The van der Waals surface area contributed by atoms with Gasteiger partial charge in [-0.15, -0.1) is 0 Å². The molecule has 0 bridgehead atoms. The Bertz CT molecular complexity index is 4530. The van der Waals surface area contributed by atoms with Crippen molar-refractivity contribution >= 4 is 66.7 Å². The Kier molecular flexibility index (Phi) is 9.77. The lowest BCUT2D eigenvalue weighted by molar-refractivity contribution is 0.667. The average Bonchev–Trinajstić information content (AvgIpc) is 4.24. The topological polar surface area (TPSA) is 51.0 Å². The van der Waals surface area contributed by atoms with Crippen LogP contribution in [0.5, 0.6) is 0 Å². The molecule has 4 aliphatic rings. The van der Waals surface area contributed by atoms with Crippen LogP contribution in [0.15, 0.2) is 268 Å². The lowest BCUT2D eigenvalue weighted by Crippen LogP contribution is -2.26. The highest BCUT2D eigenvalue weighted by molar-refractivity contribution is 6.20. The number of rotatable bonds is 6. The number of para-hydroxylation sites is 2. The summed E-state index contributed by atoms with van der Waals surface area (Å²) >= 11 is 0. The number of amidine groups is 1. The summed E-state index contributed by atoms with van der Waals surface area (Å²) in [6, 6.07) is 81.3. The van der Waals surface area contributed by atoms with Crippen molar-refractivity contribution in [1.29, 1.82) is 0 Å². The van der Waals surface area contributed by atoms with Crippen LogP contribution in [-0.2, 0) is 5.41 Å². The summed E-state index contributed by atoms with van der Waals surface area (Å²) in [4.78, 5) is 11.1. The van der Waals surface area contributed by atoms with Crippen molar-refractivity contribution in [3.63, 3.8) is 0 Å². The molecule has 12 aromatic rings. The van der Waals surface area contributed by atoms with Gasteiger partial charge in [0, 0.05) is 44.2 Å². The molecule has 16 rings (SSSR count). The fourth-order valence-electron chi connectivity index (χ4n) is 13.3. The van der Waals surface area contributed by atoms with Gasteiger partial charge in [-0.1, -0.05) is 212 Å². The van der Waals surface area contributed by atoms with Crippen LogP contribution in [0.2, 0.25) is 0 Å². The average molecular weight is 985 g/mol. The summed E-state index contributed by atoms with van der Waals surface area (Å²) in [5.74, 6) is 0.815. The quantitative estimate of drug-likeness (QED) is 0.167. The van der Waals surface area contributed by atoms with Crippen molar-refractivity contribution in [3.8, 4) is 33.4 Å². The van der Waals surface area contributed by atoms with Crippen molar-refractivity contribution in [2.75, 3.05) is 0 Å². The minimum Gasteiger partial charge on any atom is -0.456 e. The molecule has 0 amide bonds. The van der Waals surface area contributed by atoms with Crippen molar-refractivity contribution in [1.82, 2.24) is 0 Å². The first-order valence-corrected chi connectivity index (χ1v) is 26.9. The van der Waals surface area contributed by atoms with Gasteiger partial charge in [0.1, 0.15) is 22.3 Å². The second kappa shape index (κ2) is 17.2. The third-order valence-electron chi connectivity index (χ3n) is 16.8. The van der Waals surface area contributed by atoms with Crippen molar-refractivity contribution in [2.45, 2.75) is 30.6 Å². The summed E-state index contributed by atoms with van der Waals surface area (Å²) in [6.07, 6.45) is 11.5. The predicted molar refractivity (Wildman–Crippen MR) is 317 cm³/mol. The Balaban J connectivity index is 0.778. The van der Waals surface area contributed by atoms with Gasteiger partial charge < -0.3 is 8.83 Å². The Morgan fingerprint density at radius 2 is 1.04 bits per heavy atom. The zero-order valence-electron chi connectivity index (χ0n) is 42.1. The Labute approximate surface area is 446 Å². The fourth-order valence-corrected chi connectivity index (χ4v) is 13.3. The van der Waals surface area contributed by atoms with E-state index in [9.17, 15) is 0 Å². The number of fused-ring (bicyclic) bond motifs is 16. The molecule has 1 unspecified atom stereocenters. The van der Waals surface area contributed by atoms with Gasteiger partial charge in [0.25, 0.3) is 0 Å². The molecule has 4 nitrogen and oxygen atoms in total. The molecule has 1 atom stereocenters. The van der Waals surface area contributed by atoms with Crippen LogP contribution in [0.25, 0.3) is 88.5 Å². The van der Waals surface area contributed by atoms with Gasteiger partial charge in [0.15, 0.2) is 5.84 Å². The fraction of sp³-hybridized carbons (Fsp3) is 0.0685. The smallest absolute Gasteiger partial charge is 0.160 e. The van der Waals surface area contributed by atoms with Crippen molar-refractivity contribution < 1.29 is 8.83 Å². The second-order valence-electron chi connectivity index (χ2n) is 20.9.